The van der Waals surface area contributed by atoms with E-state index in [4.69, 9.17) is 0 Å². The fourth-order valence-electron chi connectivity index (χ4n) is 3.73. The number of likely N-dealkylation sites (tertiary alicyclic amines) is 1. The van der Waals surface area contributed by atoms with Crippen LogP contribution in [0, 0.1) is 0 Å². The largest absolute Gasteiger partial charge is 0.433 e. The van der Waals surface area contributed by atoms with E-state index in [-0.39, 0.29) is 28.7 Å². The van der Waals surface area contributed by atoms with E-state index in [1.54, 1.807) is 31.1 Å². The van der Waals surface area contributed by atoms with E-state index in [1.807, 2.05) is 12.1 Å². The monoisotopic (exact) mass is 449 g/mol. The first-order chi connectivity index (χ1) is 14.8. The topological polar surface area (TPSA) is 63.9 Å². The lowest BCUT2D eigenvalue weighted by atomic mass is 9.96. The predicted octanol–water partition coefficient (Wildman–Crippen LogP) is 5.23. The summed E-state index contributed by atoms with van der Waals surface area (Å²) in [5.74, 6) is -0.460. The van der Waals surface area contributed by atoms with Gasteiger partial charge in [-0.3, -0.25) is 9.78 Å². The second kappa shape index (κ2) is 8.41. The second-order valence-corrected chi connectivity index (χ2v) is 8.67. The zero-order valence-corrected chi connectivity index (χ0v) is 18.0. The number of aromatic nitrogens is 4. The lowest BCUT2D eigenvalue weighted by molar-refractivity contribution is -0.142. The highest BCUT2D eigenvalue weighted by molar-refractivity contribution is 7.12. The Bertz CT molecular complexity index is 1060. The Morgan fingerprint density at radius 2 is 2.10 bits per heavy atom. The van der Waals surface area contributed by atoms with Crippen molar-refractivity contribution in [2.75, 3.05) is 6.54 Å². The highest BCUT2D eigenvalue weighted by Gasteiger charge is 2.38. The number of alkyl halides is 3. The molecule has 6 nitrogen and oxygen atoms in total. The molecule has 0 unspecified atom stereocenters. The van der Waals surface area contributed by atoms with E-state index in [0.29, 0.717) is 12.2 Å². The first kappa shape index (κ1) is 21.5. The third-order valence-corrected chi connectivity index (χ3v) is 6.15. The summed E-state index contributed by atoms with van der Waals surface area (Å²) in [6.45, 7) is 4.12. The third kappa shape index (κ3) is 4.34. The molecule has 4 heterocycles. The van der Waals surface area contributed by atoms with E-state index >= 15 is 0 Å². The van der Waals surface area contributed by atoms with Gasteiger partial charge in [0.05, 0.1) is 11.7 Å². The Balaban J connectivity index is 1.65. The van der Waals surface area contributed by atoms with Crippen LogP contribution in [0.4, 0.5) is 13.2 Å². The average molecular weight is 450 g/mol. The van der Waals surface area contributed by atoms with Crippen molar-refractivity contribution in [2.45, 2.75) is 51.2 Å². The molecule has 0 spiro atoms. The number of nitrogens with zero attached hydrogens (tertiary/aromatic N) is 5. The first-order valence-electron chi connectivity index (χ1n) is 10.1. The summed E-state index contributed by atoms with van der Waals surface area (Å²) >= 11 is 0.977. The van der Waals surface area contributed by atoms with Crippen LogP contribution in [0.2, 0.25) is 0 Å². The van der Waals surface area contributed by atoms with Gasteiger partial charge in [-0.25, -0.2) is 9.67 Å². The molecular formula is C21H22F3N5OS. The van der Waals surface area contributed by atoms with E-state index in [1.165, 1.54) is 5.38 Å². The van der Waals surface area contributed by atoms with Gasteiger partial charge in [0.25, 0.3) is 5.91 Å². The van der Waals surface area contributed by atoms with Gasteiger partial charge < -0.3 is 4.90 Å². The summed E-state index contributed by atoms with van der Waals surface area (Å²) in [6.07, 6.45) is 1.52. The van der Waals surface area contributed by atoms with E-state index in [0.717, 1.165) is 46.9 Å². The Kier molecular flexibility index (Phi) is 5.83. The van der Waals surface area contributed by atoms with Gasteiger partial charge in [0.2, 0.25) is 5.13 Å². The van der Waals surface area contributed by atoms with Crippen molar-refractivity contribution < 1.29 is 18.0 Å². The van der Waals surface area contributed by atoms with Crippen LogP contribution in [0.15, 0.2) is 36.0 Å². The Morgan fingerprint density at radius 3 is 2.77 bits per heavy atom. The number of piperidine rings is 1. The molecule has 1 fully saturated rings. The molecule has 31 heavy (non-hydrogen) atoms. The third-order valence-electron chi connectivity index (χ3n) is 5.34. The summed E-state index contributed by atoms with van der Waals surface area (Å²) in [5, 5.41) is 5.63. The predicted molar refractivity (Wildman–Crippen MR) is 110 cm³/mol. The molecule has 10 heteroatoms. The van der Waals surface area contributed by atoms with Gasteiger partial charge in [0.15, 0.2) is 5.69 Å². The molecule has 164 valence electrons. The van der Waals surface area contributed by atoms with Crippen molar-refractivity contribution in [3.63, 3.8) is 0 Å². The van der Waals surface area contributed by atoms with Crippen LogP contribution in [0.25, 0.3) is 5.13 Å². The molecule has 1 amide bonds. The van der Waals surface area contributed by atoms with Crippen molar-refractivity contribution in [3.05, 3.63) is 58.6 Å². The fourth-order valence-corrected chi connectivity index (χ4v) is 4.49. The average Bonchev–Trinajstić information content (AvgIpc) is 3.41. The van der Waals surface area contributed by atoms with E-state index < -0.39 is 11.9 Å². The molecule has 0 saturated carbocycles. The van der Waals surface area contributed by atoms with E-state index in [2.05, 4.69) is 15.1 Å². The van der Waals surface area contributed by atoms with Crippen molar-refractivity contribution in [2.24, 2.45) is 0 Å². The SMILES string of the molecule is CC(C)c1cc(C(F)(F)F)n(-c2nc(C(=O)N3CCCC[C@@H]3c3cccnc3)cs2)n1. The molecule has 4 rings (SSSR count). The minimum Gasteiger partial charge on any atom is -0.330 e. The zero-order chi connectivity index (χ0) is 22.2. The van der Waals surface area contributed by atoms with Crippen LogP contribution in [-0.2, 0) is 6.18 Å². The lowest BCUT2D eigenvalue weighted by Gasteiger charge is -2.35. The molecule has 0 aliphatic carbocycles. The van der Waals surface area contributed by atoms with Crippen molar-refractivity contribution >= 4 is 17.2 Å². The Hall–Kier alpha value is -2.75. The van der Waals surface area contributed by atoms with Crippen LogP contribution < -0.4 is 0 Å². The van der Waals surface area contributed by atoms with Gasteiger partial charge in [-0.1, -0.05) is 19.9 Å². The van der Waals surface area contributed by atoms with Crippen LogP contribution in [0.1, 0.15) is 72.5 Å². The number of carbonyl (C=O) groups is 1. The second-order valence-electron chi connectivity index (χ2n) is 7.83. The summed E-state index contributed by atoms with van der Waals surface area (Å²) in [5.41, 5.74) is 0.503. The molecular weight excluding hydrogens is 427 g/mol. The number of halogens is 3. The van der Waals surface area contributed by atoms with Gasteiger partial charge in [0, 0.05) is 24.3 Å². The van der Waals surface area contributed by atoms with Crippen molar-refractivity contribution in [1.29, 1.82) is 0 Å². The molecule has 1 aliphatic rings. The van der Waals surface area contributed by atoms with Gasteiger partial charge in [-0.15, -0.1) is 11.3 Å². The highest BCUT2D eigenvalue weighted by Crippen LogP contribution is 2.35. The maximum atomic E-state index is 13.5. The number of thiazole rings is 1. The number of carbonyl (C=O) groups excluding carboxylic acids is 1. The van der Waals surface area contributed by atoms with Gasteiger partial charge in [-0.2, -0.15) is 18.3 Å². The number of rotatable bonds is 4. The number of hydrogen-bond donors (Lipinski definition) is 0. The van der Waals surface area contributed by atoms with Crippen LogP contribution >= 0.6 is 11.3 Å². The molecule has 0 radical (unpaired) electrons. The summed E-state index contributed by atoms with van der Waals surface area (Å²) in [4.78, 5) is 23.4. The quantitative estimate of drug-likeness (QED) is 0.547. The molecule has 0 bridgehead atoms. The summed E-state index contributed by atoms with van der Waals surface area (Å²) in [7, 11) is 0. The maximum Gasteiger partial charge on any atom is 0.433 e. The van der Waals surface area contributed by atoms with Gasteiger partial charge >= 0.3 is 6.18 Å². The molecule has 3 aromatic heterocycles. The molecule has 3 aromatic rings. The van der Waals surface area contributed by atoms with Crippen LogP contribution in [-0.4, -0.2) is 37.1 Å². The minimum absolute atomic E-state index is 0.0255. The van der Waals surface area contributed by atoms with Gasteiger partial charge in [-0.05, 0) is 42.9 Å². The molecule has 1 saturated heterocycles. The van der Waals surface area contributed by atoms with Gasteiger partial charge in [0.1, 0.15) is 5.69 Å². The summed E-state index contributed by atoms with van der Waals surface area (Å²) in [6, 6.07) is 4.68. The molecule has 0 aromatic carbocycles. The first-order valence-corrected chi connectivity index (χ1v) is 11.0. The number of amides is 1. The van der Waals surface area contributed by atoms with Crippen LogP contribution in [0.3, 0.4) is 0 Å². The van der Waals surface area contributed by atoms with E-state index in [9.17, 15) is 18.0 Å². The fraction of sp³-hybridized carbons (Fsp3) is 0.429. The zero-order valence-electron chi connectivity index (χ0n) is 17.1. The number of hydrogen-bond acceptors (Lipinski definition) is 5. The Labute approximate surface area is 181 Å². The molecule has 1 aliphatic heterocycles. The standard InChI is InChI=1S/C21H22F3N5OS/c1-13(2)15-10-18(21(22,23)24)29(27-15)20-26-16(12-31-20)19(30)28-9-4-3-7-17(28)14-6-5-8-25-11-14/h5-6,8,10-13,17H,3-4,7,9H2,1-2H3/t17-/m1/s1. The molecule has 1 atom stereocenters. The summed E-state index contributed by atoms with van der Waals surface area (Å²) < 4.78 is 41.4. The van der Waals surface area contributed by atoms with Crippen molar-refractivity contribution in [3.8, 4) is 5.13 Å². The number of pyridine rings is 1. The highest BCUT2D eigenvalue weighted by atomic mass is 32.1. The Morgan fingerprint density at radius 1 is 1.29 bits per heavy atom. The lowest BCUT2D eigenvalue weighted by Crippen LogP contribution is -2.38. The minimum atomic E-state index is -4.58. The van der Waals surface area contributed by atoms with Crippen molar-refractivity contribution in [1.82, 2.24) is 24.6 Å². The normalized spacial score (nSPS) is 17.4. The van der Waals surface area contributed by atoms with Crippen LogP contribution in [0.5, 0.6) is 0 Å². The maximum absolute atomic E-state index is 13.5. The molecule has 0 N–H and O–H groups in total. The smallest absolute Gasteiger partial charge is 0.330 e.